The fraction of sp³-hybridized carbons (Fsp3) is 0.800. The van der Waals surface area contributed by atoms with Crippen LogP contribution in [-0.4, -0.2) is 0 Å². The molecule has 0 spiro atoms. The first-order chi connectivity index (χ1) is 4.91. The van der Waals surface area contributed by atoms with Gasteiger partial charge in [0.05, 0.1) is 0 Å². The maximum Gasteiger partial charge on any atom is -0.0351 e. The zero-order valence-electron chi connectivity index (χ0n) is 7.98. The molecule has 0 heterocycles. The molecule has 10 heavy (non-hydrogen) atoms. The molecule has 0 saturated carbocycles. The summed E-state index contributed by atoms with van der Waals surface area (Å²) in [6, 6.07) is 0. The van der Waals surface area contributed by atoms with E-state index in [9.17, 15) is 0 Å². The quantitative estimate of drug-likeness (QED) is 0.408. The lowest BCUT2D eigenvalue weighted by Crippen LogP contribution is -1.65. The van der Waals surface area contributed by atoms with E-state index in [0.717, 1.165) is 0 Å². The third-order valence-corrected chi connectivity index (χ3v) is 1.13. The molecule has 0 aromatic heterocycles. The highest BCUT2D eigenvalue weighted by Crippen LogP contribution is 1.94. The van der Waals surface area contributed by atoms with Crippen molar-refractivity contribution in [2.45, 2.75) is 53.4 Å². The SMILES string of the molecule is CC.CC/C=C\CCCC. The van der Waals surface area contributed by atoms with Crippen LogP contribution in [0.1, 0.15) is 53.4 Å². The van der Waals surface area contributed by atoms with Gasteiger partial charge in [-0.15, -0.1) is 0 Å². The second-order valence-corrected chi connectivity index (χ2v) is 2.02. The van der Waals surface area contributed by atoms with Gasteiger partial charge < -0.3 is 0 Å². The smallest absolute Gasteiger partial charge is 0.0351 e. The Labute approximate surface area is 66.3 Å². The van der Waals surface area contributed by atoms with Gasteiger partial charge in [-0.3, -0.25) is 0 Å². The number of rotatable bonds is 4. The van der Waals surface area contributed by atoms with Crippen molar-refractivity contribution >= 4 is 0 Å². The molecule has 0 unspecified atom stereocenters. The average molecular weight is 142 g/mol. The van der Waals surface area contributed by atoms with Crippen LogP contribution in [0, 0.1) is 0 Å². The Balaban J connectivity index is 0. The molecule has 0 aromatic carbocycles. The molecule has 0 aliphatic heterocycles. The van der Waals surface area contributed by atoms with Crippen molar-refractivity contribution in [3.8, 4) is 0 Å². The van der Waals surface area contributed by atoms with Gasteiger partial charge in [0.2, 0.25) is 0 Å². The van der Waals surface area contributed by atoms with E-state index in [1.165, 1.54) is 25.7 Å². The summed E-state index contributed by atoms with van der Waals surface area (Å²) in [6.07, 6.45) is 9.61. The highest BCUT2D eigenvalue weighted by Gasteiger charge is 1.74. The Morgan fingerprint density at radius 1 is 1.00 bits per heavy atom. The summed E-state index contributed by atoms with van der Waals surface area (Å²) in [6.45, 7) is 8.39. The van der Waals surface area contributed by atoms with Crippen molar-refractivity contribution in [1.29, 1.82) is 0 Å². The summed E-state index contributed by atoms with van der Waals surface area (Å²) in [5.74, 6) is 0. The van der Waals surface area contributed by atoms with Gasteiger partial charge in [0.25, 0.3) is 0 Å². The van der Waals surface area contributed by atoms with Crippen molar-refractivity contribution < 1.29 is 0 Å². The molecule has 0 aromatic rings. The second kappa shape index (κ2) is 15.9. The molecular formula is C10H22. The second-order valence-electron chi connectivity index (χ2n) is 2.02. The van der Waals surface area contributed by atoms with Gasteiger partial charge in [0, 0.05) is 0 Å². The Kier molecular flexibility index (Phi) is 19.7. The normalized spacial score (nSPS) is 9.20. The van der Waals surface area contributed by atoms with Gasteiger partial charge in [-0.2, -0.15) is 0 Å². The zero-order valence-corrected chi connectivity index (χ0v) is 7.98. The molecule has 0 saturated heterocycles. The molecule has 62 valence electrons. The Morgan fingerprint density at radius 3 is 2.00 bits per heavy atom. The summed E-state index contributed by atoms with van der Waals surface area (Å²) in [5.41, 5.74) is 0. The highest BCUT2D eigenvalue weighted by molar-refractivity contribution is 4.79. The molecule has 0 aliphatic rings. The van der Waals surface area contributed by atoms with Crippen LogP contribution in [0.2, 0.25) is 0 Å². The van der Waals surface area contributed by atoms with Crippen LogP contribution in [0.25, 0.3) is 0 Å². The van der Waals surface area contributed by atoms with Crippen molar-refractivity contribution in [3.05, 3.63) is 12.2 Å². The largest absolute Gasteiger partial charge is 0.0888 e. The molecule has 0 amide bonds. The minimum Gasteiger partial charge on any atom is -0.0888 e. The summed E-state index contributed by atoms with van der Waals surface area (Å²) >= 11 is 0. The number of unbranched alkanes of at least 4 members (excludes halogenated alkanes) is 2. The lowest BCUT2D eigenvalue weighted by atomic mass is 10.2. The van der Waals surface area contributed by atoms with E-state index in [1.54, 1.807) is 0 Å². The third kappa shape index (κ3) is 15.6. The van der Waals surface area contributed by atoms with E-state index in [2.05, 4.69) is 26.0 Å². The Bertz CT molecular complexity index is 53.1. The monoisotopic (exact) mass is 142 g/mol. The molecule has 0 bridgehead atoms. The van der Waals surface area contributed by atoms with Gasteiger partial charge in [0.15, 0.2) is 0 Å². The van der Waals surface area contributed by atoms with Gasteiger partial charge in [0.1, 0.15) is 0 Å². The summed E-state index contributed by atoms with van der Waals surface area (Å²) in [7, 11) is 0. The maximum atomic E-state index is 2.27. The molecule has 0 heteroatoms. The van der Waals surface area contributed by atoms with Crippen molar-refractivity contribution in [3.63, 3.8) is 0 Å². The fourth-order valence-corrected chi connectivity index (χ4v) is 0.606. The van der Waals surface area contributed by atoms with E-state index in [0.29, 0.717) is 0 Å². The predicted molar refractivity (Wildman–Crippen MR) is 50.3 cm³/mol. The molecule has 0 N–H and O–H groups in total. The van der Waals surface area contributed by atoms with E-state index in [1.807, 2.05) is 13.8 Å². The number of allylic oxidation sites excluding steroid dienone is 2. The van der Waals surface area contributed by atoms with Gasteiger partial charge in [-0.05, 0) is 12.8 Å². The van der Waals surface area contributed by atoms with Crippen LogP contribution in [0.15, 0.2) is 12.2 Å². The molecule has 0 aliphatic carbocycles. The molecule has 0 atom stereocenters. The summed E-state index contributed by atoms with van der Waals surface area (Å²) < 4.78 is 0. The minimum absolute atomic E-state index is 1.18. The zero-order chi connectivity index (χ0) is 8.24. The lowest BCUT2D eigenvalue weighted by Gasteiger charge is -1.85. The predicted octanol–water partition coefficient (Wildman–Crippen LogP) is 4.17. The van der Waals surface area contributed by atoms with Crippen molar-refractivity contribution in [1.82, 2.24) is 0 Å². The number of hydrogen-bond donors (Lipinski definition) is 0. The topological polar surface area (TPSA) is 0 Å². The molecular weight excluding hydrogens is 120 g/mol. The maximum absolute atomic E-state index is 2.27. The lowest BCUT2D eigenvalue weighted by molar-refractivity contribution is 0.812. The first-order valence-corrected chi connectivity index (χ1v) is 4.56. The Morgan fingerprint density at radius 2 is 1.60 bits per heavy atom. The van der Waals surface area contributed by atoms with Gasteiger partial charge >= 0.3 is 0 Å². The Hall–Kier alpha value is -0.260. The first-order valence-electron chi connectivity index (χ1n) is 4.56. The van der Waals surface area contributed by atoms with Crippen molar-refractivity contribution in [2.75, 3.05) is 0 Å². The van der Waals surface area contributed by atoms with E-state index >= 15 is 0 Å². The van der Waals surface area contributed by atoms with Crippen LogP contribution >= 0.6 is 0 Å². The summed E-state index contributed by atoms with van der Waals surface area (Å²) in [5, 5.41) is 0. The average Bonchev–Trinajstić information content (AvgIpc) is 2.02. The highest BCUT2D eigenvalue weighted by atomic mass is 13.8. The van der Waals surface area contributed by atoms with Crippen LogP contribution < -0.4 is 0 Å². The van der Waals surface area contributed by atoms with Crippen LogP contribution in [0.5, 0.6) is 0 Å². The van der Waals surface area contributed by atoms with Gasteiger partial charge in [-0.1, -0.05) is 52.7 Å². The molecule has 0 radical (unpaired) electrons. The van der Waals surface area contributed by atoms with E-state index < -0.39 is 0 Å². The fourth-order valence-electron chi connectivity index (χ4n) is 0.606. The first kappa shape index (κ1) is 12.4. The minimum atomic E-state index is 1.18. The summed E-state index contributed by atoms with van der Waals surface area (Å²) in [4.78, 5) is 0. The number of hydrogen-bond acceptors (Lipinski definition) is 0. The molecule has 0 fully saturated rings. The third-order valence-electron chi connectivity index (χ3n) is 1.13. The van der Waals surface area contributed by atoms with E-state index in [4.69, 9.17) is 0 Å². The van der Waals surface area contributed by atoms with Crippen LogP contribution in [0.3, 0.4) is 0 Å². The standard InChI is InChI=1S/C8H16.C2H6/c1-3-5-7-8-6-4-2;1-2/h5,7H,3-4,6,8H2,1-2H3;1-2H3/b7-5-;. The van der Waals surface area contributed by atoms with Crippen molar-refractivity contribution in [2.24, 2.45) is 0 Å². The van der Waals surface area contributed by atoms with Gasteiger partial charge in [-0.25, -0.2) is 0 Å². The van der Waals surface area contributed by atoms with Crippen LogP contribution in [-0.2, 0) is 0 Å². The van der Waals surface area contributed by atoms with Crippen LogP contribution in [0.4, 0.5) is 0 Å². The molecule has 0 nitrogen and oxygen atoms in total. The molecule has 0 rings (SSSR count). The van der Waals surface area contributed by atoms with E-state index in [-0.39, 0.29) is 0 Å².